The van der Waals surface area contributed by atoms with E-state index in [1.807, 2.05) is 24.3 Å². The Morgan fingerprint density at radius 3 is 2.56 bits per heavy atom. The maximum absolute atomic E-state index is 12.7. The third-order valence-electron chi connectivity index (χ3n) is 4.32. The Bertz CT molecular complexity index is 847. The molecule has 0 aliphatic heterocycles. The van der Waals surface area contributed by atoms with Crippen molar-refractivity contribution in [3.8, 4) is 11.5 Å². The second-order valence-corrected chi connectivity index (χ2v) is 5.98. The van der Waals surface area contributed by atoms with Gasteiger partial charge in [0.05, 0.1) is 7.11 Å². The van der Waals surface area contributed by atoms with Gasteiger partial charge in [-0.3, -0.25) is 4.79 Å². The number of hydrogen-bond donors (Lipinski definition) is 2. The van der Waals surface area contributed by atoms with E-state index in [2.05, 4.69) is 0 Å². The molecule has 25 heavy (non-hydrogen) atoms. The highest BCUT2D eigenvalue weighted by molar-refractivity contribution is 6.09. The van der Waals surface area contributed by atoms with E-state index in [4.69, 9.17) is 4.74 Å². The largest absolute Gasteiger partial charge is 0.507 e. The van der Waals surface area contributed by atoms with Crippen LogP contribution < -0.4 is 4.74 Å². The normalized spacial score (nSPS) is 16.1. The molecule has 0 unspecified atom stereocenters. The summed E-state index contributed by atoms with van der Waals surface area (Å²) < 4.78 is 5.11. The van der Waals surface area contributed by atoms with Crippen molar-refractivity contribution in [3.05, 3.63) is 76.6 Å². The van der Waals surface area contributed by atoms with Gasteiger partial charge >= 0.3 is 0 Å². The average Bonchev–Trinajstić information content (AvgIpc) is 2.65. The summed E-state index contributed by atoms with van der Waals surface area (Å²) in [6.45, 7) is 0. The number of carbonyl (C=O) groups is 1. The molecule has 0 amide bonds. The van der Waals surface area contributed by atoms with Gasteiger partial charge in [0.25, 0.3) is 0 Å². The van der Waals surface area contributed by atoms with Gasteiger partial charge in [0.15, 0.2) is 17.3 Å². The van der Waals surface area contributed by atoms with Crippen LogP contribution in [0.1, 0.15) is 35.2 Å². The molecule has 0 saturated heterocycles. The van der Waals surface area contributed by atoms with Crippen LogP contribution in [0.25, 0.3) is 6.08 Å². The number of Topliss-reactive ketones (excluding diaryl/α,β-unsaturated/α-hetero) is 1. The van der Waals surface area contributed by atoms with E-state index in [9.17, 15) is 15.0 Å². The van der Waals surface area contributed by atoms with Crippen LogP contribution in [0.15, 0.2) is 65.4 Å². The molecular formula is C21H20O4. The molecule has 4 heteroatoms. The van der Waals surface area contributed by atoms with Crippen LogP contribution in [-0.4, -0.2) is 23.1 Å². The Balaban J connectivity index is 1.96. The standard InChI is InChI=1S/C21H20O4/c1-25-19-13-14(10-11-18(19)22)12-16-8-5-9-17(21(16)24)20(23)15-6-3-2-4-7-15/h2-4,6-7,10-13,22,24H,5,8-9H2,1H3/b16-12+. The van der Waals surface area contributed by atoms with Crippen molar-refractivity contribution in [1.82, 2.24) is 0 Å². The number of methoxy groups -OCH3 is 1. The molecule has 2 aromatic carbocycles. The highest BCUT2D eigenvalue weighted by Gasteiger charge is 2.23. The van der Waals surface area contributed by atoms with Crippen LogP contribution in [0.3, 0.4) is 0 Å². The average molecular weight is 336 g/mol. The van der Waals surface area contributed by atoms with Crippen LogP contribution in [0.2, 0.25) is 0 Å². The first-order valence-electron chi connectivity index (χ1n) is 8.20. The fourth-order valence-electron chi connectivity index (χ4n) is 3.00. The zero-order chi connectivity index (χ0) is 17.8. The zero-order valence-corrected chi connectivity index (χ0v) is 14.0. The highest BCUT2D eigenvalue weighted by Crippen LogP contribution is 2.33. The Morgan fingerprint density at radius 2 is 1.84 bits per heavy atom. The van der Waals surface area contributed by atoms with Crippen molar-refractivity contribution in [2.24, 2.45) is 0 Å². The van der Waals surface area contributed by atoms with Gasteiger partial charge in [-0.25, -0.2) is 0 Å². The van der Waals surface area contributed by atoms with Gasteiger partial charge in [-0.15, -0.1) is 0 Å². The van der Waals surface area contributed by atoms with Gasteiger partial charge in [-0.2, -0.15) is 0 Å². The molecule has 4 nitrogen and oxygen atoms in total. The molecule has 0 heterocycles. The quantitative estimate of drug-likeness (QED) is 0.797. The van der Waals surface area contributed by atoms with Gasteiger partial charge in [-0.1, -0.05) is 36.4 Å². The molecule has 1 aliphatic rings. The number of aromatic hydroxyl groups is 1. The fraction of sp³-hybridized carbons (Fsp3) is 0.190. The maximum Gasteiger partial charge on any atom is 0.192 e. The van der Waals surface area contributed by atoms with Crippen LogP contribution in [-0.2, 0) is 0 Å². The number of ether oxygens (including phenoxy) is 1. The third-order valence-corrected chi connectivity index (χ3v) is 4.32. The highest BCUT2D eigenvalue weighted by atomic mass is 16.5. The van der Waals surface area contributed by atoms with Crippen molar-refractivity contribution < 1.29 is 19.7 Å². The Kier molecular flexibility index (Phi) is 4.89. The molecular weight excluding hydrogens is 316 g/mol. The van der Waals surface area contributed by atoms with Crippen LogP contribution in [0, 0.1) is 0 Å². The van der Waals surface area contributed by atoms with Crippen molar-refractivity contribution in [2.45, 2.75) is 19.3 Å². The number of allylic oxidation sites excluding steroid dienone is 2. The number of benzene rings is 2. The summed E-state index contributed by atoms with van der Waals surface area (Å²) in [4.78, 5) is 12.7. The second-order valence-electron chi connectivity index (χ2n) is 5.98. The summed E-state index contributed by atoms with van der Waals surface area (Å²) in [5.41, 5.74) is 2.55. The van der Waals surface area contributed by atoms with Crippen molar-refractivity contribution in [3.63, 3.8) is 0 Å². The molecule has 0 radical (unpaired) electrons. The molecule has 3 rings (SSSR count). The lowest BCUT2D eigenvalue weighted by Crippen LogP contribution is -2.12. The summed E-state index contributed by atoms with van der Waals surface area (Å²) in [5.74, 6) is 0.362. The Hall–Kier alpha value is -3.01. The lowest BCUT2D eigenvalue weighted by molar-refractivity contribution is 0.102. The molecule has 0 spiro atoms. The van der Waals surface area contributed by atoms with E-state index in [0.717, 1.165) is 17.6 Å². The minimum Gasteiger partial charge on any atom is -0.507 e. The second kappa shape index (κ2) is 7.26. The predicted molar refractivity (Wildman–Crippen MR) is 96.9 cm³/mol. The molecule has 0 bridgehead atoms. The predicted octanol–water partition coefficient (Wildman–Crippen LogP) is 4.66. The molecule has 128 valence electrons. The van der Waals surface area contributed by atoms with Crippen molar-refractivity contribution in [1.29, 1.82) is 0 Å². The van der Waals surface area contributed by atoms with E-state index in [1.54, 1.807) is 30.3 Å². The Labute approximate surface area is 146 Å². The summed E-state index contributed by atoms with van der Waals surface area (Å²) in [6.07, 6.45) is 3.89. The lowest BCUT2D eigenvalue weighted by Gasteiger charge is -2.18. The van der Waals surface area contributed by atoms with Gasteiger partial charge in [-0.05, 0) is 48.6 Å². The summed E-state index contributed by atoms with van der Waals surface area (Å²) in [7, 11) is 1.49. The van der Waals surface area contributed by atoms with E-state index in [-0.39, 0.29) is 17.3 Å². The molecule has 0 saturated carbocycles. The Morgan fingerprint density at radius 1 is 1.08 bits per heavy atom. The molecule has 1 aliphatic carbocycles. The fourth-order valence-corrected chi connectivity index (χ4v) is 3.00. The number of rotatable bonds is 4. The van der Waals surface area contributed by atoms with Crippen molar-refractivity contribution >= 4 is 11.9 Å². The summed E-state index contributed by atoms with van der Waals surface area (Å²) >= 11 is 0. The third kappa shape index (κ3) is 3.58. The SMILES string of the molecule is COc1cc(/C=C2\CCCC(C(=O)c3ccccc3)=C2O)ccc1O. The summed E-state index contributed by atoms with van der Waals surface area (Å²) in [5, 5.41) is 20.3. The molecule has 0 atom stereocenters. The zero-order valence-electron chi connectivity index (χ0n) is 14.0. The lowest BCUT2D eigenvalue weighted by atomic mass is 9.88. The number of aliphatic hydroxyl groups excluding tert-OH is 1. The number of ketones is 1. The number of phenolic OH excluding ortho intramolecular Hbond substituents is 1. The number of hydrogen-bond acceptors (Lipinski definition) is 4. The number of carbonyl (C=O) groups excluding carboxylic acids is 1. The first kappa shape index (κ1) is 16.8. The van der Waals surface area contributed by atoms with Crippen LogP contribution in [0.4, 0.5) is 0 Å². The van der Waals surface area contributed by atoms with Crippen molar-refractivity contribution in [2.75, 3.05) is 7.11 Å². The minimum atomic E-state index is -0.132. The van der Waals surface area contributed by atoms with Gasteiger partial charge in [0.1, 0.15) is 5.76 Å². The minimum absolute atomic E-state index is 0.0622. The molecule has 2 aromatic rings. The number of phenols is 1. The maximum atomic E-state index is 12.7. The molecule has 2 N–H and O–H groups in total. The van der Waals surface area contributed by atoms with Gasteiger partial charge in [0.2, 0.25) is 0 Å². The first-order valence-corrected chi connectivity index (χ1v) is 8.20. The smallest absolute Gasteiger partial charge is 0.192 e. The first-order chi connectivity index (χ1) is 12.1. The summed E-state index contributed by atoms with van der Waals surface area (Å²) in [6, 6.07) is 14.0. The van der Waals surface area contributed by atoms with E-state index >= 15 is 0 Å². The number of aliphatic hydroxyl groups is 1. The monoisotopic (exact) mass is 336 g/mol. The van der Waals surface area contributed by atoms with Crippen LogP contribution >= 0.6 is 0 Å². The van der Waals surface area contributed by atoms with Crippen LogP contribution in [0.5, 0.6) is 11.5 Å². The van der Waals surface area contributed by atoms with E-state index in [1.165, 1.54) is 7.11 Å². The molecule has 0 fully saturated rings. The van der Waals surface area contributed by atoms with E-state index in [0.29, 0.717) is 29.7 Å². The van der Waals surface area contributed by atoms with E-state index < -0.39 is 0 Å². The van der Waals surface area contributed by atoms with Gasteiger partial charge < -0.3 is 14.9 Å². The van der Waals surface area contributed by atoms with Gasteiger partial charge in [0, 0.05) is 11.1 Å². The topological polar surface area (TPSA) is 66.8 Å². The molecule has 0 aromatic heterocycles.